The summed E-state index contributed by atoms with van der Waals surface area (Å²) in [6.45, 7) is 2.04. The molecule has 25 heavy (non-hydrogen) atoms. The molecule has 0 aliphatic heterocycles. The highest BCUT2D eigenvalue weighted by molar-refractivity contribution is 6.05. The predicted octanol–water partition coefficient (Wildman–Crippen LogP) is 3.95. The van der Waals surface area contributed by atoms with E-state index in [1.165, 1.54) is 0 Å². The van der Waals surface area contributed by atoms with Crippen molar-refractivity contribution in [1.29, 1.82) is 0 Å². The summed E-state index contributed by atoms with van der Waals surface area (Å²) in [5.41, 5.74) is 2.46. The van der Waals surface area contributed by atoms with Crippen LogP contribution in [0, 0.1) is 0 Å². The number of rotatable bonds is 5. The van der Waals surface area contributed by atoms with Crippen molar-refractivity contribution in [2.45, 2.75) is 19.4 Å². The molecule has 0 N–H and O–H groups in total. The number of fused-ring (bicyclic) bond motifs is 1. The van der Waals surface area contributed by atoms with Gasteiger partial charge in [-0.3, -0.25) is 9.78 Å². The maximum atomic E-state index is 13.0. The molecule has 4 heteroatoms. The van der Waals surface area contributed by atoms with Crippen LogP contribution in [-0.4, -0.2) is 36.0 Å². The van der Waals surface area contributed by atoms with Crippen LogP contribution in [0.4, 0.5) is 0 Å². The van der Waals surface area contributed by atoms with Gasteiger partial charge in [-0.2, -0.15) is 0 Å². The number of amides is 1. The molecule has 4 nitrogen and oxygen atoms in total. The SMILES string of the molecule is COc1ccccc1CC(C)N(C)C(=O)c1cccc2cccnc12. The highest BCUT2D eigenvalue weighted by atomic mass is 16.5. The Hall–Kier alpha value is -2.88. The average molecular weight is 334 g/mol. The molecule has 1 atom stereocenters. The van der Waals surface area contributed by atoms with Crippen molar-refractivity contribution in [3.8, 4) is 5.75 Å². The first-order valence-corrected chi connectivity index (χ1v) is 8.34. The summed E-state index contributed by atoms with van der Waals surface area (Å²) >= 11 is 0. The molecular weight excluding hydrogens is 312 g/mol. The molecule has 3 aromatic rings. The van der Waals surface area contributed by atoms with Gasteiger partial charge in [-0.05, 0) is 37.1 Å². The molecule has 128 valence electrons. The monoisotopic (exact) mass is 334 g/mol. The number of hydrogen-bond acceptors (Lipinski definition) is 3. The van der Waals surface area contributed by atoms with E-state index in [9.17, 15) is 4.79 Å². The van der Waals surface area contributed by atoms with Crippen LogP contribution in [-0.2, 0) is 6.42 Å². The third kappa shape index (κ3) is 3.48. The van der Waals surface area contributed by atoms with Crippen molar-refractivity contribution >= 4 is 16.8 Å². The zero-order valence-electron chi connectivity index (χ0n) is 14.8. The maximum absolute atomic E-state index is 13.0. The number of benzene rings is 2. The number of ether oxygens (including phenoxy) is 1. The van der Waals surface area contributed by atoms with Gasteiger partial charge in [0, 0.05) is 24.7 Å². The molecule has 0 bridgehead atoms. The molecule has 0 spiro atoms. The molecule has 0 fully saturated rings. The van der Waals surface area contributed by atoms with Crippen molar-refractivity contribution in [3.63, 3.8) is 0 Å². The van der Waals surface area contributed by atoms with Gasteiger partial charge in [0.05, 0.1) is 18.2 Å². The first-order chi connectivity index (χ1) is 12.1. The van der Waals surface area contributed by atoms with Crippen LogP contribution >= 0.6 is 0 Å². The third-order valence-corrected chi connectivity index (χ3v) is 4.55. The summed E-state index contributed by atoms with van der Waals surface area (Å²) in [4.78, 5) is 19.2. The van der Waals surface area contributed by atoms with Crippen molar-refractivity contribution in [2.75, 3.05) is 14.2 Å². The Morgan fingerprint density at radius 3 is 2.68 bits per heavy atom. The first-order valence-electron chi connectivity index (χ1n) is 8.34. The number of likely N-dealkylation sites (N-methyl/N-ethyl adjacent to an activating group) is 1. The summed E-state index contributed by atoms with van der Waals surface area (Å²) in [6.07, 6.45) is 2.45. The lowest BCUT2D eigenvalue weighted by Crippen LogP contribution is -2.36. The fourth-order valence-electron chi connectivity index (χ4n) is 2.99. The topological polar surface area (TPSA) is 42.4 Å². The quantitative estimate of drug-likeness (QED) is 0.709. The summed E-state index contributed by atoms with van der Waals surface area (Å²) in [6, 6.07) is 17.5. The lowest BCUT2D eigenvalue weighted by Gasteiger charge is -2.26. The molecule has 0 aliphatic rings. The highest BCUT2D eigenvalue weighted by Crippen LogP contribution is 2.22. The molecule has 0 aliphatic carbocycles. The molecule has 0 saturated heterocycles. The second-order valence-corrected chi connectivity index (χ2v) is 6.16. The minimum atomic E-state index is -0.0216. The van der Waals surface area contributed by atoms with Crippen LogP contribution in [0.1, 0.15) is 22.8 Å². The second-order valence-electron chi connectivity index (χ2n) is 6.16. The molecule has 1 aromatic heterocycles. The van der Waals surface area contributed by atoms with Gasteiger partial charge < -0.3 is 9.64 Å². The van der Waals surface area contributed by atoms with Crippen LogP contribution < -0.4 is 4.74 Å². The zero-order chi connectivity index (χ0) is 17.8. The standard InChI is InChI=1S/C21H22N2O2/c1-15(14-17-8-4-5-12-19(17)25-3)23(2)21(24)18-11-6-9-16-10-7-13-22-20(16)18/h4-13,15H,14H2,1-3H3. The Kier molecular flexibility index (Phi) is 4.98. The van der Waals surface area contributed by atoms with Crippen LogP contribution in [0.2, 0.25) is 0 Å². The molecule has 0 radical (unpaired) electrons. The summed E-state index contributed by atoms with van der Waals surface area (Å²) in [5.74, 6) is 0.828. The maximum Gasteiger partial charge on any atom is 0.256 e. The van der Waals surface area contributed by atoms with Crippen molar-refractivity contribution in [2.24, 2.45) is 0 Å². The molecule has 1 unspecified atom stereocenters. The van der Waals surface area contributed by atoms with Gasteiger partial charge in [0.15, 0.2) is 0 Å². The molecule has 1 amide bonds. The largest absolute Gasteiger partial charge is 0.496 e. The third-order valence-electron chi connectivity index (χ3n) is 4.55. The number of nitrogens with zero attached hydrogens (tertiary/aromatic N) is 2. The van der Waals surface area contributed by atoms with Gasteiger partial charge >= 0.3 is 0 Å². The fourth-order valence-corrected chi connectivity index (χ4v) is 2.99. The second kappa shape index (κ2) is 7.34. The average Bonchev–Trinajstić information content (AvgIpc) is 2.66. The Morgan fingerprint density at radius 1 is 1.12 bits per heavy atom. The number of carbonyl (C=O) groups is 1. The molecule has 3 rings (SSSR count). The van der Waals surface area contributed by atoms with Gasteiger partial charge in [-0.1, -0.05) is 36.4 Å². The summed E-state index contributed by atoms with van der Waals surface area (Å²) < 4.78 is 5.42. The zero-order valence-corrected chi connectivity index (χ0v) is 14.8. The van der Waals surface area contributed by atoms with E-state index in [0.717, 1.165) is 28.6 Å². The van der Waals surface area contributed by atoms with E-state index in [4.69, 9.17) is 4.74 Å². The molecule has 2 aromatic carbocycles. The van der Waals surface area contributed by atoms with E-state index in [1.807, 2.05) is 68.6 Å². The normalized spacial score (nSPS) is 12.0. The Labute approximate surface area is 148 Å². The van der Waals surface area contributed by atoms with Gasteiger partial charge in [-0.15, -0.1) is 0 Å². The van der Waals surface area contributed by atoms with E-state index in [1.54, 1.807) is 18.2 Å². The molecule has 0 saturated carbocycles. The fraction of sp³-hybridized carbons (Fsp3) is 0.238. The van der Waals surface area contributed by atoms with Crippen LogP contribution in [0.3, 0.4) is 0 Å². The van der Waals surface area contributed by atoms with E-state index in [2.05, 4.69) is 4.98 Å². The number of pyridine rings is 1. The van der Waals surface area contributed by atoms with Gasteiger partial charge in [0.2, 0.25) is 0 Å². The van der Waals surface area contributed by atoms with E-state index >= 15 is 0 Å². The van der Waals surface area contributed by atoms with E-state index in [-0.39, 0.29) is 11.9 Å². The van der Waals surface area contributed by atoms with Crippen molar-refractivity contribution < 1.29 is 9.53 Å². The number of aromatic nitrogens is 1. The van der Waals surface area contributed by atoms with Crippen LogP contribution in [0.15, 0.2) is 60.8 Å². The minimum Gasteiger partial charge on any atom is -0.496 e. The van der Waals surface area contributed by atoms with Crippen molar-refractivity contribution in [3.05, 3.63) is 71.9 Å². The van der Waals surface area contributed by atoms with Gasteiger partial charge in [-0.25, -0.2) is 0 Å². The number of methoxy groups -OCH3 is 1. The smallest absolute Gasteiger partial charge is 0.256 e. The summed E-state index contributed by atoms with van der Waals surface area (Å²) in [7, 11) is 3.50. The minimum absolute atomic E-state index is 0.0216. The lowest BCUT2D eigenvalue weighted by molar-refractivity contribution is 0.0745. The van der Waals surface area contributed by atoms with Crippen molar-refractivity contribution in [1.82, 2.24) is 9.88 Å². The predicted molar refractivity (Wildman–Crippen MR) is 100.0 cm³/mol. The van der Waals surface area contributed by atoms with Crippen LogP contribution in [0.25, 0.3) is 10.9 Å². The van der Waals surface area contributed by atoms with Gasteiger partial charge in [0.1, 0.15) is 5.75 Å². The van der Waals surface area contributed by atoms with E-state index < -0.39 is 0 Å². The Morgan fingerprint density at radius 2 is 1.88 bits per heavy atom. The summed E-state index contributed by atoms with van der Waals surface area (Å²) in [5, 5.41) is 0.971. The number of carbonyl (C=O) groups excluding carboxylic acids is 1. The first kappa shape index (κ1) is 17.0. The number of hydrogen-bond donors (Lipinski definition) is 0. The molecular formula is C21H22N2O2. The van der Waals surface area contributed by atoms with Gasteiger partial charge in [0.25, 0.3) is 5.91 Å². The lowest BCUT2D eigenvalue weighted by atomic mass is 10.0. The Bertz CT molecular complexity index is 886. The van der Waals surface area contributed by atoms with E-state index in [0.29, 0.717) is 5.56 Å². The Balaban J connectivity index is 1.84. The van der Waals surface area contributed by atoms with Crippen LogP contribution in [0.5, 0.6) is 5.75 Å². The number of para-hydroxylation sites is 2. The molecule has 1 heterocycles. The highest BCUT2D eigenvalue weighted by Gasteiger charge is 2.21.